The van der Waals surface area contributed by atoms with E-state index in [2.05, 4.69) is 17.1 Å². The van der Waals surface area contributed by atoms with E-state index in [0.717, 1.165) is 32.5 Å². The molecule has 0 saturated carbocycles. The lowest BCUT2D eigenvalue weighted by atomic mass is 9.90. The number of hydrogen-bond donors (Lipinski definition) is 2. The molecule has 2 atom stereocenters. The maximum atomic E-state index is 11.4. The Morgan fingerprint density at radius 3 is 2.89 bits per heavy atom. The summed E-state index contributed by atoms with van der Waals surface area (Å²) in [5, 5.41) is 12.3. The minimum Gasteiger partial charge on any atom is -0.468 e. The molecule has 5 heteroatoms. The summed E-state index contributed by atoms with van der Waals surface area (Å²) in [5.41, 5.74) is 0. The van der Waals surface area contributed by atoms with Gasteiger partial charge in [0, 0.05) is 25.7 Å². The number of aliphatic hydroxyl groups excluding tert-OH is 1. The second-order valence-corrected chi connectivity index (χ2v) is 5.39. The van der Waals surface area contributed by atoms with E-state index in [1.165, 1.54) is 20.0 Å². The Hall–Kier alpha value is -0.650. The Balaban J connectivity index is 2.44. The Labute approximate surface area is 116 Å². The average Bonchev–Trinajstić information content (AvgIpc) is 2.39. The van der Waals surface area contributed by atoms with Crippen molar-refractivity contribution in [1.29, 1.82) is 0 Å². The van der Waals surface area contributed by atoms with Crippen LogP contribution in [0, 0.1) is 5.92 Å². The molecule has 0 bridgehead atoms. The molecular weight excluding hydrogens is 244 g/mol. The number of nitrogens with zero attached hydrogens (tertiary/aromatic N) is 1. The molecule has 0 aromatic carbocycles. The van der Waals surface area contributed by atoms with Crippen LogP contribution in [0.5, 0.6) is 0 Å². The summed E-state index contributed by atoms with van der Waals surface area (Å²) in [7, 11) is 1.44. The molecule has 1 aliphatic rings. The summed E-state index contributed by atoms with van der Waals surface area (Å²) < 4.78 is 4.75. The predicted octanol–water partition coefficient (Wildman–Crippen LogP) is 0.622. The summed E-state index contributed by atoms with van der Waals surface area (Å²) in [6, 6.07) is 0.418. The summed E-state index contributed by atoms with van der Waals surface area (Å²) in [6.07, 6.45) is 4.33. The number of nitrogens with one attached hydrogen (secondary N) is 1. The van der Waals surface area contributed by atoms with Crippen molar-refractivity contribution in [3.05, 3.63) is 0 Å². The van der Waals surface area contributed by atoms with Crippen molar-refractivity contribution in [3.8, 4) is 0 Å². The number of carbonyl (C=O) groups excluding carboxylic acids is 1. The third-order valence-corrected chi connectivity index (χ3v) is 3.66. The van der Waals surface area contributed by atoms with E-state index in [4.69, 9.17) is 9.84 Å². The number of hydrogen-bond acceptors (Lipinski definition) is 5. The largest absolute Gasteiger partial charge is 0.468 e. The van der Waals surface area contributed by atoms with Gasteiger partial charge in [-0.3, -0.25) is 9.69 Å². The monoisotopic (exact) mass is 272 g/mol. The average molecular weight is 272 g/mol. The molecule has 1 rings (SSSR count). The zero-order valence-corrected chi connectivity index (χ0v) is 12.2. The fourth-order valence-corrected chi connectivity index (χ4v) is 2.83. The first kappa shape index (κ1) is 16.4. The van der Waals surface area contributed by atoms with E-state index in [1.807, 2.05) is 0 Å². The summed E-state index contributed by atoms with van der Waals surface area (Å²) in [6.45, 7) is 5.53. The highest BCUT2D eigenvalue weighted by molar-refractivity contribution is 5.71. The molecule has 0 aromatic rings. The van der Waals surface area contributed by atoms with Gasteiger partial charge in [0.25, 0.3) is 0 Å². The van der Waals surface area contributed by atoms with Crippen LogP contribution >= 0.6 is 0 Å². The molecule has 5 nitrogen and oxygen atoms in total. The van der Waals surface area contributed by atoms with Crippen LogP contribution in [0.15, 0.2) is 0 Å². The molecule has 19 heavy (non-hydrogen) atoms. The third-order valence-electron chi connectivity index (χ3n) is 3.66. The molecule has 0 spiro atoms. The molecule has 2 unspecified atom stereocenters. The van der Waals surface area contributed by atoms with E-state index < -0.39 is 0 Å². The van der Waals surface area contributed by atoms with E-state index >= 15 is 0 Å². The maximum absolute atomic E-state index is 11.4. The molecular formula is C14H28N2O3. The minimum atomic E-state index is -0.161. The molecule has 0 aliphatic carbocycles. The van der Waals surface area contributed by atoms with Gasteiger partial charge < -0.3 is 15.2 Å². The molecule has 0 amide bonds. The Morgan fingerprint density at radius 1 is 1.47 bits per heavy atom. The fraction of sp³-hybridized carbons (Fsp3) is 0.929. The second kappa shape index (κ2) is 9.28. The van der Waals surface area contributed by atoms with Crippen LogP contribution in [0.1, 0.15) is 32.6 Å². The van der Waals surface area contributed by atoms with Crippen molar-refractivity contribution in [1.82, 2.24) is 10.2 Å². The van der Waals surface area contributed by atoms with Crippen molar-refractivity contribution >= 4 is 5.97 Å². The first-order valence-electron chi connectivity index (χ1n) is 7.33. The molecule has 1 fully saturated rings. The fourth-order valence-electron chi connectivity index (χ4n) is 2.83. The van der Waals surface area contributed by atoms with E-state index in [9.17, 15) is 4.79 Å². The van der Waals surface area contributed by atoms with Gasteiger partial charge in [-0.2, -0.15) is 0 Å². The zero-order valence-electron chi connectivity index (χ0n) is 12.2. The second-order valence-electron chi connectivity index (χ2n) is 5.39. The Morgan fingerprint density at radius 2 is 2.26 bits per heavy atom. The first-order valence-corrected chi connectivity index (χ1v) is 7.33. The van der Waals surface area contributed by atoms with Crippen LogP contribution in [-0.4, -0.2) is 61.9 Å². The smallest absolute Gasteiger partial charge is 0.319 e. The lowest BCUT2D eigenvalue weighted by Gasteiger charge is -2.37. The lowest BCUT2D eigenvalue weighted by molar-refractivity contribution is -0.142. The molecule has 0 radical (unpaired) electrons. The normalized spacial score (nSPS) is 24.4. The van der Waals surface area contributed by atoms with Gasteiger partial charge in [0.1, 0.15) is 0 Å². The van der Waals surface area contributed by atoms with E-state index in [0.29, 0.717) is 18.5 Å². The van der Waals surface area contributed by atoms with Gasteiger partial charge >= 0.3 is 5.97 Å². The molecule has 1 saturated heterocycles. The number of rotatable bonds is 8. The van der Waals surface area contributed by atoms with Gasteiger partial charge in [0.2, 0.25) is 0 Å². The van der Waals surface area contributed by atoms with E-state index in [1.54, 1.807) is 0 Å². The van der Waals surface area contributed by atoms with Crippen LogP contribution in [0.2, 0.25) is 0 Å². The molecule has 1 aliphatic heterocycles. The molecule has 1 heterocycles. The van der Waals surface area contributed by atoms with Crippen molar-refractivity contribution in [2.24, 2.45) is 5.92 Å². The van der Waals surface area contributed by atoms with Crippen LogP contribution in [0.4, 0.5) is 0 Å². The van der Waals surface area contributed by atoms with Crippen LogP contribution in [0.3, 0.4) is 0 Å². The molecule has 112 valence electrons. The molecule has 0 aromatic heterocycles. The number of carbonyl (C=O) groups is 1. The highest BCUT2D eigenvalue weighted by Crippen LogP contribution is 2.21. The van der Waals surface area contributed by atoms with Crippen LogP contribution < -0.4 is 5.32 Å². The van der Waals surface area contributed by atoms with Crippen molar-refractivity contribution in [3.63, 3.8) is 0 Å². The van der Waals surface area contributed by atoms with Gasteiger partial charge in [-0.25, -0.2) is 0 Å². The highest BCUT2D eigenvalue weighted by Gasteiger charge is 2.27. The van der Waals surface area contributed by atoms with Crippen molar-refractivity contribution < 1.29 is 14.6 Å². The number of ether oxygens (including phenoxy) is 1. The Bertz CT molecular complexity index is 261. The van der Waals surface area contributed by atoms with Gasteiger partial charge in [0.05, 0.1) is 13.7 Å². The number of methoxy groups -OCH3 is 1. The molecule has 2 N–H and O–H groups in total. The summed E-state index contributed by atoms with van der Waals surface area (Å²) >= 11 is 0. The Kier molecular flexibility index (Phi) is 8.02. The predicted molar refractivity (Wildman–Crippen MR) is 75.0 cm³/mol. The van der Waals surface area contributed by atoms with Gasteiger partial charge in [-0.05, 0) is 31.7 Å². The SMILES string of the molecule is CCCC1CC(NCCCO)CN(CC(=O)OC)C1. The van der Waals surface area contributed by atoms with Crippen molar-refractivity contribution in [2.45, 2.75) is 38.6 Å². The summed E-state index contributed by atoms with van der Waals surface area (Å²) in [5.74, 6) is 0.487. The number of likely N-dealkylation sites (tertiary alicyclic amines) is 1. The van der Waals surface area contributed by atoms with E-state index in [-0.39, 0.29) is 12.6 Å². The van der Waals surface area contributed by atoms with Crippen molar-refractivity contribution in [2.75, 3.05) is 39.9 Å². The summed E-state index contributed by atoms with van der Waals surface area (Å²) in [4.78, 5) is 13.6. The highest BCUT2D eigenvalue weighted by atomic mass is 16.5. The van der Waals surface area contributed by atoms with Crippen LogP contribution in [0.25, 0.3) is 0 Å². The standard InChI is InChI=1S/C14H28N2O3/c1-3-5-12-8-13(15-6-4-7-17)10-16(9-12)11-14(18)19-2/h12-13,15,17H,3-11H2,1-2H3. The number of esters is 1. The van der Waals surface area contributed by atoms with Crippen LogP contribution in [-0.2, 0) is 9.53 Å². The quantitative estimate of drug-likeness (QED) is 0.501. The van der Waals surface area contributed by atoms with Gasteiger partial charge in [-0.1, -0.05) is 13.3 Å². The van der Waals surface area contributed by atoms with Gasteiger partial charge in [-0.15, -0.1) is 0 Å². The first-order chi connectivity index (χ1) is 9.19. The number of aliphatic hydroxyl groups is 1. The lowest BCUT2D eigenvalue weighted by Crippen LogP contribution is -2.50. The topological polar surface area (TPSA) is 61.8 Å². The number of piperidine rings is 1. The zero-order chi connectivity index (χ0) is 14.1. The third kappa shape index (κ3) is 6.36. The minimum absolute atomic E-state index is 0.161. The maximum Gasteiger partial charge on any atom is 0.319 e. The van der Waals surface area contributed by atoms with Gasteiger partial charge in [0.15, 0.2) is 0 Å².